The van der Waals surface area contributed by atoms with Crippen molar-refractivity contribution >= 4 is 18.2 Å². The van der Waals surface area contributed by atoms with Crippen LogP contribution in [0.4, 0.5) is 0 Å². The largest absolute Gasteiger partial charge is 0.311 e. The Hall–Kier alpha value is -0.0800. The number of piperidine rings is 1. The molecular formula is C7H14ClNO. The zero-order valence-corrected chi connectivity index (χ0v) is 7.20. The second-order valence-corrected chi connectivity index (χ2v) is 2.92. The summed E-state index contributed by atoms with van der Waals surface area (Å²) in [6, 6.07) is 0.780. The summed E-state index contributed by atoms with van der Waals surface area (Å²) in [5, 5.41) is 3.29. The molecule has 60 valence electrons. The summed E-state index contributed by atoms with van der Waals surface area (Å²) >= 11 is 0. The Balaban J connectivity index is 0.000000810. The molecule has 1 saturated heterocycles. The van der Waals surface area contributed by atoms with Gasteiger partial charge in [0, 0.05) is 24.9 Å². The van der Waals surface area contributed by atoms with Crippen molar-refractivity contribution in [1.82, 2.24) is 5.32 Å². The van der Waals surface area contributed by atoms with E-state index < -0.39 is 0 Å². The normalized spacial score (nSPS) is 33.2. The number of halogens is 1. The summed E-state index contributed by atoms with van der Waals surface area (Å²) in [6.07, 6.45) is 1.43. The first-order chi connectivity index (χ1) is 4.18. The van der Waals surface area contributed by atoms with Gasteiger partial charge in [0.05, 0.1) is 0 Å². The molecule has 1 fully saturated rings. The number of nitrogens with one attached hydrogen (secondary N) is 1. The summed E-state index contributed by atoms with van der Waals surface area (Å²) in [7, 11) is 0. The second kappa shape index (κ2) is 3.94. The van der Waals surface area contributed by atoms with E-state index in [1.54, 1.807) is 0 Å². The molecule has 1 rings (SSSR count). The summed E-state index contributed by atoms with van der Waals surface area (Å²) in [4.78, 5) is 10.8. The van der Waals surface area contributed by atoms with Crippen LogP contribution in [0.5, 0.6) is 0 Å². The summed E-state index contributed by atoms with van der Waals surface area (Å²) in [5.74, 6) is 0.397. The SMILES string of the molecule is CC1CC(=O)CC(C)N1.Cl. The lowest BCUT2D eigenvalue weighted by molar-refractivity contribution is -0.121. The molecule has 1 aliphatic rings. The zero-order valence-electron chi connectivity index (χ0n) is 6.39. The predicted octanol–water partition coefficient (Wildman–Crippen LogP) is 1.14. The third-order valence-electron chi connectivity index (χ3n) is 1.64. The highest BCUT2D eigenvalue weighted by molar-refractivity contribution is 5.85. The van der Waals surface area contributed by atoms with Crippen molar-refractivity contribution in [3.63, 3.8) is 0 Å². The van der Waals surface area contributed by atoms with Gasteiger partial charge in [-0.2, -0.15) is 0 Å². The van der Waals surface area contributed by atoms with Gasteiger partial charge in [-0.25, -0.2) is 0 Å². The number of carbonyl (C=O) groups is 1. The maximum atomic E-state index is 10.8. The molecule has 0 radical (unpaired) electrons. The Bertz CT molecular complexity index is 115. The van der Waals surface area contributed by atoms with E-state index >= 15 is 0 Å². The maximum Gasteiger partial charge on any atom is 0.135 e. The molecule has 2 nitrogen and oxygen atoms in total. The third kappa shape index (κ3) is 2.67. The number of hydrogen-bond acceptors (Lipinski definition) is 2. The van der Waals surface area contributed by atoms with Crippen LogP contribution in [0.2, 0.25) is 0 Å². The van der Waals surface area contributed by atoms with E-state index in [4.69, 9.17) is 0 Å². The van der Waals surface area contributed by atoms with Gasteiger partial charge < -0.3 is 5.32 Å². The first-order valence-corrected chi connectivity index (χ1v) is 3.46. The van der Waals surface area contributed by atoms with Gasteiger partial charge in [-0.05, 0) is 13.8 Å². The van der Waals surface area contributed by atoms with Crippen molar-refractivity contribution in [2.75, 3.05) is 0 Å². The number of hydrogen-bond donors (Lipinski definition) is 1. The standard InChI is InChI=1S/C7H13NO.ClH/c1-5-3-7(9)4-6(2)8-5;/h5-6,8H,3-4H2,1-2H3;1H. The fraction of sp³-hybridized carbons (Fsp3) is 0.857. The van der Waals surface area contributed by atoms with Crippen LogP contribution in [0.1, 0.15) is 26.7 Å². The highest BCUT2D eigenvalue weighted by atomic mass is 35.5. The van der Waals surface area contributed by atoms with Gasteiger partial charge >= 0.3 is 0 Å². The van der Waals surface area contributed by atoms with Gasteiger partial charge in [-0.15, -0.1) is 12.4 Å². The highest BCUT2D eigenvalue weighted by Gasteiger charge is 2.19. The summed E-state index contributed by atoms with van der Waals surface area (Å²) < 4.78 is 0. The van der Waals surface area contributed by atoms with E-state index in [-0.39, 0.29) is 12.4 Å². The van der Waals surface area contributed by atoms with Crippen LogP contribution in [-0.4, -0.2) is 17.9 Å². The van der Waals surface area contributed by atoms with Gasteiger partial charge in [0.25, 0.3) is 0 Å². The molecular weight excluding hydrogens is 150 g/mol. The van der Waals surface area contributed by atoms with Crippen molar-refractivity contribution in [1.29, 1.82) is 0 Å². The van der Waals surface area contributed by atoms with E-state index in [1.807, 2.05) is 13.8 Å². The van der Waals surface area contributed by atoms with Gasteiger partial charge in [-0.3, -0.25) is 4.79 Å². The molecule has 0 saturated carbocycles. The topological polar surface area (TPSA) is 29.1 Å². The molecule has 10 heavy (non-hydrogen) atoms. The monoisotopic (exact) mass is 163 g/mol. The lowest BCUT2D eigenvalue weighted by Crippen LogP contribution is -2.42. The maximum absolute atomic E-state index is 10.8. The van der Waals surface area contributed by atoms with Gasteiger partial charge in [-0.1, -0.05) is 0 Å². The van der Waals surface area contributed by atoms with Crippen LogP contribution < -0.4 is 5.32 Å². The number of carbonyl (C=O) groups excluding carboxylic acids is 1. The Labute approximate surface area is 67.8 Å². The summed E-state index contributed by atoms with van der Waals surface area (Å²) in [5.41, 5.74) is 0. The van der Waals surface area contributed by atoms with Crippen molar-refractivity contribution in [2.45, 2.75) is 38.8 Å². The van der Waals surface area contributed by atoms with Crippen LogP contribution in [0.15, 0.2) is 0 Å². The van der Waals surface area contributed by atoms with Crippen LogP contribution >= 0.6 is 12.4 Å². The highest BCUT2D eigenvalue weighted by Crippen LogP contribution is 2.07. The zero-order chi connectivity index (χ0) is 6.85. The molecule has 1 N–H and O–H groups in total. The minimum absolute atomic E-state index is 0. The molecule has 0 aromatic rings. The van der Waals surface area contributed by atoms with E-state index in [1.165, 1.54) is 0 Å². The smallest absolute Gasteiger partial charge is 0.135 e. The van der Waals surface area contributed by atoms with Gasteiger partial charge in [0.15, 0.2) is 0 Å². The minimum Gasteiger partial charge on any atom is -0.311 e. The fourth-order valence-electron chi connectivity index (χ4n) is 1.37. The average molecular weight is 164 g/mol. The van der Waals surface area contributed by atoms with E-state index in [0.717, 1.165) is 0 Å². The van der Waals surface area contributed by atoms with Crippen molar-refractivity contribution in [3.8, 4) is 0 Å². The lowest BCUT2D eigenvalue weighted by Gasteiger charge is -2.24. The fourth-order valence-corrected chi connectivity index (χ4v) is 1.37. The quantitative estimate of drug-likeness (QED) is 0.580. The molecule has 0 aliphatic carbocycles. The lowest BCUT2D eigenvalue weighted by atomic mass is 10.00. The number of Topliss-reactive ketones (excluding diaryl/α,β-unsaturated/α-hetero) is 1. The number of rotatable bonds is 0. The molecule has 2 unspecified atom stereocenters. The molecule has 0 aromatic heterocycles. The average Bonchev–Trinajstić information content (AvgIpc) is 1.59. The van der Waals surface area contributed by atoms with E-state index in [0.29, 0.717) is 30.7 Å². The first kappa shape index (κ1) is 9.92. The molecule has 3 heteroatoms. The third-order valence-corrected chi connectivity index (χ3v) is 1.64. The van der Waals surface area contributed by atoms with E-state index in [9.17, 15) is 4.79 Å². The van der Waals surface area contributed by atoms with Crippen LogP contribution in [-0.2, 0) is 4.79 Å². The molecule has 0 spiro atoms. The Kier molecular flexibility index (Phi) is 3.91. The molecule has 0 aromatic carbocycles. The Morgan fingerprint density at radius 2 is 1.70 bits per heavy atom. The molecule has 0 bridgehead atoms. The van der Waals surface area contributed by atoms with Crippen molar-refractivity contribution < 1.29 is 4.79 Å². The van der Waals surface area contributed by atoms with Crippen LogP contribution in [0, 0.1) is 0 Å². The second-order valence-electron chi connectivity index (χ2n) is 2.92. The predicted molar refractivity (Wildman–Crippen MR) is 43.5 cm³/mol. The van der Waals surface area contributed by atoms with Crippen LogP contribution in [0.25, 0.3) is 0 Å². The molecule has 1 aliphatic heterocycles. The first-order valence-electron chi connectivity index (χ1n) is 3.46. The number of ketones is 1. The van der Waals surface area contributed by atoms with Crippen LogP contribution in [0.3, 0.4) is 0 Å². The van der Waals surface area contributed by atoms with E-state index in [2.05, 4.69) is 5.32 Å². The summed E-state index contributed by atoms with van der Waals surface area (Å²) in [6.45, 7) is 4.10. The Morgan fingerprint density at radius 1 is 1.30 bits per heavy atom. The van der Waals surface area contributed by atoms with Crippen molar-refractivity contribution in [3.05, 3.63) is 0 Å². The van der Waals surface area contributed by atoms with Gasteiger partial charge in [0.2, 0.25) is 0 Å². The minimum atomic E-state index is 0. The molecule has 2 atom stereocenters. The molecule has 1 heterocycles. The van der Waals surface area contributed by atoms with Crippen molar-refractivity contribution in [2.24, 2.45) is 0 Å². The Morgan fingerprint density at radius 3 is 2.00 bits per heavy atom. The molecule has 0 amide bonds. The van der Waals surface area contributed by atoms with Gasteiger partial charge in [0.1, 0.15) is 5.78 Å².